The van der Waals surface area contributed by atoms with E-state index in [2.05, 4.69) is 39.6 Å². The molecule has 0 radical (unpaired) electrons. The Morgan fingerprint density at radius 2 is 2.12 bits per heavy atom. The average molecular weight is 365 g/mol. The van der Waals surface area contributed by atoms with E-state index in [9.17, 15) is 0 Å². The fourth-order valence-corrected chi connectivity index (χ4v) is 3.29. The van der Waals surface area contributed by atoms with Crippen LogP contribution in [0.3, 0.4) is 0 Å². The Hall–Kier alpha value is -1.63. The predicted octanol–water partition coefficient (Wildman–Crippen LogP) is 2.51. The number of hydrogen-bond acceptors (Lipinski definition) is 4. The quantitative estimate of drug-likeness (QED) is 0.379. The molecule has 0 spiro atoms. The summed E-state index contributed by atoms with van der Waals surface area (Å²) in [4.78, 5) is 8.88. The molecule has 7 heteroatoms. The maximum absolute atomic E-state index is 5.12. The molecular formula is C19H36N6O. The Kier molecular flexibility index (Phi) is 8.88. The fourth-order valence-electron chi connectivity index (χ4n) is 3.29. The monoisotopic (exact) mass is 364 g/mol. The van der Waals surface area contributed by atoms with Gasteiger partial charge in [0.2, 0.25) is 0 Å². The van der Waals surface area contributed by atoms with E-state index < -0.39 is 0 Å². The molecule has 1 atom stereocenters. The van der Waals surface area contributed by atoms with Crippen molar-refractivity contribution in [2.24, 2.45) is 10.9 Å². The highest BCUT2D eigenvalue weighted by Gasteiger charge is 2.22. The van der Waals surface area contributed by atoms with Crippen LogP contribution in [-0.4, -0.2) is 47.5 Å². The topological polar surface area (TPSA) is 76.4 Å². The third-order valence-corrected chi connectivity index (χ3v) is 4.74. The van der Waals surface area contributed by atoms with Crippen molar-refractivity contribution >= 4 is 5.96 Å². The van der Waals surface area contributed by atoms with Crippen LogP contribution >= 0.6 is 0 Å². The number of aryl methyl sites for hydroxylation is 1. The highest BCUT2D eigenvalue weighted by atomic mass is 16.5. The van der Waals surface area contributed by atoms with Crippen LogP contribution in [0.1, 0.15) is 64.0 Å². The standard InChI is InChI=1S/C19H36N6O/c1-15(2)9-7-5-6-8-12-21-19(20-3)22-16-10-11-18-23-17(14-26-4)24-25(18)13-16/h15-16H,5-14H2,1-4H3,(H2,20,21,22). The molecule has 7 nitrogen and oxygen atoms in total. The Morgan fingerprint density at radius 1 is 1.31 bits per heavy atom. The first-order chi connectivity index (χ1) is 12.6. The Labute approximate surface area is 158 Å². The largest absolute Gasteiger partial charge is 0.377 e. The number of hydrogen-bond donors (Lipinski definition) is 2. The summed E-state index contributed by atoms with van der Waals surface area (Å²) in [6, 6.07) is 0.330. The van der Waals surface area contributed by atoms with Crippen LogP contribution in [0.2, 0.25) is 0 Å². The first-order valence-corrected chi connectivity index (χ1v) is 10.0. The zero-order valence-electron chi connectivity index (χ0n) is 16.9. The van der Waals surface area contributed by atoms with Crippen LogP contribution in [0.4, 0.5) is 0 Å². The number of aliphatic imine (C=N–C) groups is 1. The van der Waals surface area contributed by atoms with E-state index >= 15 is 0 Å². The van der Waals surface area contributed by atoms with E-state index in [4.69, 9.17) is 4.74 Å². The second-order valence-electron chi connectivity index (χ2n) is 7.54. The smallest absolute Gasteiger partial charge is 0.191 e. The number of rotatable bonds is 10. The summed E-state index contributed by atoms with van der Waals surface area (Å²) in [7, 11) is 3.50. The minimum Gasteiger partial charge on any atom is -0.377 e. The van der Waals surface area contributed by atoms with Crippen molar-refractivity contribution in [3.8, 4) is 0 Å². The zero-order chi connectivity index (χ0) is 18.8. The first kappa shape index (κ1) is 20.7. The van der Waals surface area contributed by atoms with Gasteiger partial charge in [-0.1, -0.05) is 39.5 Å². The van der Waals surface area contributed by atoms with Gasteiger partial charge in [0.05, 0.1) is 6.54 Å². The minimum atomic E-state index is 0.330. The van der Waals surface area contributed by atoms with Gasteiger partial charge < -0.3 is 15.4 Å². The average Bonchev–Trinajstić information content (AvgIpc) is 3.01. The molecule has 2 N–H and O–H groups in total. The van der Waals surface area contributed by atoms with Crippen LogP contribution in [0, 0.1) is 5.92 Å². The summed E-state index contributed by atoms with van der Waals surface area (Å²) in [5, 5.41) is 11.5. The first-order valence-electron chi connectivity index (χ1n) is 10.0. The van der Waals surface area contributed by atoms with Gasteiger partial charge in [-0.3, -0.25) is 4.99 Å². The van der Waals surface area contributed by atoms with Gasteiger partial charge >= 0.3 is 0 Å². The summed E-state index contributed by atoms with van der Waals surface area (Å²) < 4.78 is 7.12. The molecular weight excluding hydrogens is 328 g/mol. The molecule has 26 heavy (non-hydrogen) atoms. The van der Waals surface area contributed by atoms with Crippen molar-refractivity contribution < 1.29 is 4.74 Å². The predicted molar refractivity (Wildman–Crippen MR) is 105 cm³/mol. The Bertz CT molecular complexity index is 554. The molecule has 0 aromatic carbocycles. The van der Waals surface area contributed by atoms with E-state index in [1.807, 2.05) is 11.7 Å². The van der Waals surface area contributed by atoms with Gasteiger partial charge in [0.25, 0.3) is 0 Å². The van der Waals surface area contributed by atoms with Gasteiger partial charge in [0.15, 0.2) is 11.8 Å². The number of nitrogens with one attached hydrogen (secondary N) is 2. The molecule has 0 saturated heterocycles. The van der Waals surface area contributed by atoms with Crippen molar-refractivity contribution in [3.63, 3.8) is 0 Å². The van der Waals surface area contributed by atoms with Gasteiger partial charge in [0, 0.05) is 33.2 Å². The van der Waals surface area contributed by atoms with Gasteiger partial charge in [-0.2, -0.15) is 5.10 Å². The lowest BCUT2D eigenvalue weighted by Gasteiger charge is -2.25. The van der Waals surface area contributed by atoms with Gasteiger partial charge in [0.1, 0.15) is 12.4 Å². The lowest BCUT2D eigenvalue weighted by molar-refractivity contribution is 0.177. The number of nitrogens with zero attached hydrogens (tertiary/aromatic N) is 4. The molecule has 1 aromatic heterocycles. The summed E-state index contributed by atoms with van der Waals surface area (Å²) in [5.74, 6) is 3.53. The number of unbranched alkanes of at least 4 members (excludes halogenated alkanes) is 3. The highest BCUT2D eigenvalue weighted by molar-refractivity contribution is 5.79. The summed E-state index contributed by atoms with van der Waals surface area (Å²) in [5.41, 5.74) is 0. The van der Waals surface area contributed by atoms with Crippen molar-refractivity contribution in [1.82, 2.24) is 25.4 Å². The van der Waals surface area contributed by atoms with Crippen LogP contribution < -0.4 is 10.6 Å². The Morgan fingerprint density at radius 3 is 2.85 bits per heavy atom. The third kappa shape index (κ3) is 6.94. The van der Waals surface area contributed by atoms with Crippen LogP contribution in [-0.2, 0) is 24.3 Å². The summed E-state index contributed by atoms with van der Waals surface area (Å²) in [6.45, 7) is 6.85. The van der Waals surface area contributed by atoms with Crippen molar-refractivity contribution in [2.45, 2.75) is 78.0 Å². The second-order valence-corrected chi connectivity index (χ2v) is 7.54. The molecule has 0 amide bonds. The number of fused-ring (bicyclic) bond motifs is 1. The molecule has 2 rings (SSSR count). The highest BCUT2D eigenvalue weighted by Crippen LogP contribution is 2.13. The summed E-state index contributed by atoms with van der Waals surface area (Å²) in [6.07, 6.45) is 8.46. The lowest BCUT2D eigenvalue weighted by atomic mass is 10.0. The van der Waals surface area contributed by atoms with Crippen LogP contribution in [0.25, 0.3) is 0 Å². The third-order valence-electron chi connectivity index (χ3n) is 4.74. The number of ether oxygens (including phenoxy) is 1. The zero-order valence-corrected chi connectivity index (χ0v) is 16.9. The molecule has 0 fully saturated rings. The van der Waals surface area contributed by atoms with E-state index in [1.54, 1.807) is 7.11 Å². The van der Waals surface area contributed by atoms with Crippen LogP contribution in [0.5, 0.6) is 0 Å². The van der Waals surface area contributed by atoms with Crippen molar-refractivity contribution in [1.29, 1.82) is 0 Å². The summed E-state index contributed by atoms with van der Waals surface area (Å²) >= 11 is 0. The Balaban J connectivity index is 1.66. The van der Waals surface area contributed by atoms with E-state index in [-0.39, 0.29) is 0 Å². The minimum absolute atomic E-state index is 0.330. The maximum atomic E-state index is 5.12. The normalized spacial score (nSPS) is 17.4. The molecule has 1 unspecified atom stereocenters. The molecule has 1 aliphatic rings. The van der Waals surface area contributed by atoms with Gasteiger partial charge in [-0.25, -0.2) is 9.67 Å². The van der Waals surface area contributed by atoms with Gasteiger partial charge in [-0.15, -0.1) is 0 Å². The van der Waals surface area contributed by atoms with E-state index in [1.165, 1.54) is 32.1 Å². The molecule has 1 aliphatic heterocycles. The molecule has 2 heterocycles. The molecule has 0 bridgehead atoms. The maximum Gasteiger partial charge on any atom is 0.191 e. The number of aromatic nitrogens is 3. The molecule has 0 aliphatic carbocycles. The second kappa shape index (κ2) is 11.2. The lowest BCUT2D eigenvalue weighted by Crippen LogP contribution is -2.47. The van der Waals surface area contributed by atoms with E-state index in [0.717, 1.165) is 49.5 Å². The number of methoxy groups -OCH3 is 1. The number of guanidine groups is 1. The van der Waals surface area contributed by atoms with Crippen molar-refractivity contribution in [2.75, 3.05) is 20.7 Å². The fraction of sp³-hybridized carbons (Fsp3) is 0.842. The SMILES string of the molecule is CN=C(NCCCCCCC(C)C)NC1CCc2nc(COC)nn2C1. The molecule has 1 aromatic rings. The van der Waals surface area contributed by atoms with Gasteiger partial charge in [-0.05, 0) is 18.8 Å². The van der Waals surface area contributed by atoms with E-state index in [0.29, 0.717) is 12.6 Å². The molecule has 0 saturated carbocycles. The molecule has 148 valence electrons. The van der Waals surface area contributed by atoms with Crippen molar-refractivity contribution in [3.05, 3.63) is 11.6 Å². The van der Waals surface area contributed by atoms with Crippen LogP contribution in [0.15, 0.2) is 4.99 Å².